The average molecular weight is 440 g/mol. The lowest BCUT2D eigenvalue weighted by molar-refractivity contribution is 0.222. The van der Waals surface area contributed by atoms with Crippen molar-refractivity contribution in [1.29, 1.82) is 0 Å². The van der Waals surface area contributed by atoms with E-state index in [0.29, 0.717) is 11.6 Å². The number of hydrogen-bond acceptors (Lipinski definition) is 3. The summed E-state index contributed by atoms with van der Waals surface area (Å²) in [5, 5.41) is 0.982. The van der Waals surface area contributed by atoms with Crippen molar-refractivity contribution in [3.63, 3.8) is 0 Å². The minimum Gasteiger partial charge on any atom is -0.345 e. The predicted molar refractivity (Wildman–Crippen MR) is 131 cm³/mol. The molecule has 5 aromatic rings. The predicted octanol–water partition coefficient (Wildman–Crippen LogP) is 5.96. The van der Waals surface area contributed by atoms with Crippen molar-refractivity contribution in [2.45, 2.75) is 25.8 Å². The van der Waals surface area contributed by atoms with E-state index < -0.39 is 0 Å². The summed E-state index contributed by atoms with van der Waals surface area (Å²) in [4.78, 5) is 15.0. The van der Waals surface area contributed by atoms with Crippen LogP contribution >= 0.6 is 0 Å². The number of fused-ring (bicyclic) bond motifs is 2. The topological polar surface area (TPSA) is 49.7 Å². The standard InChI is InChI=1S/C27H26FN5/c1-17-30-26-23(28)14-19(15-25(26)33(17)20-10-12-32(2)13-11-20)22-16-29-27-21(22)8-9-24(31-27)18-6-4-3-5-7-18/h3-9,14-16,20H,10-13H2,1-2H3,(H,29,31). The van der Waals surface area contributed by atoms with Crippen LogP contribution in [0.5, 0.6) is 0 Å². The first-order chi connectivity index (χ1) is 16.1. The third-order valence-electron chi connectivity index (χ3n) is 6.90. The fraction of sp³-hybridized carbons (Fsp3) is 0.259. The molecular formula is C27H26FN5. The minimum atomic E-state index is -0.277. The molecular weight excluding hydrogens is 413 g/mol. The number of hydrogen-bond donors (Lipinski definition) is 1. The van der Waals surface area contributed by atoms with Crippen molar-refractivity contribution in [3.05, 3.63) is 72.4 Å². The van der Waals surface area contributed by atoms with Gasteiger partial charge in [0.2, 0.25) is 0 Å². The molecule has 4 heterocycles. The van der Waals surface area contributed by atoms with E-state index in [2.05, 4.69) is 38.6 Å². The van der Waals surface area contributed by atoms with Crippen LogP contribution < -0.4 is 0 Å². The fourth-order valence-corrected chi connectivity index (χ4v) is 5.15. The molecule has 0 unspecified atom stereocenters. The number of aromatic amines is 1. The zero-order valence-electron chi connectivity index (χ0n) is 18.8. The van der Waals surface area contributed by atoms with Gasteiger partial charge in [-0.3, -0.25) is 0 Å². The average Bonchev–Trinajstić information content (AvgIpc) is 3.41. The largest absolute Gasteiger partial charge is 0.345 e. The van der Waals surface area contributed by atoms with Crippen LogP contribution in [-0.2, 0) is 0 Å². The molecule has 3 aromatic heterocycles. The Labute approximate surface area is 191 Å². The van der Waals surface area contributed by atoms with E-state index in [4.69, 9.17) is 4.98 Å². The molecule has 1 aliphatic rings. The van der Waals surface area contributed by atoms with Gasteiger partial charge in [0.25, 0.3) is 0 Å². The highest BCUT2D eigenvalue weighted by molar-refractivity contribution is 5.96. The molecule has 0 saturated carbocycles. The number of nitrogens with zero attached hydrogens (tertiary/aromatic N) is 4. The summed E-state index contributed by atoms with van der Waals surface area (Å²) in [5.74, 6) is 0.601. The van der Waals surface area contributed by atoms with Crippen LogP contribution in [0.15, 0.2) is 60.8 Å². The lowest BCUT2D eigenvalue weighted by Crippen LogP contribution is -2.31. The van der Waals surface area contributed by atoms with E-state index in [1.165, 1.54) is 0 Å². The lowest BCUT2D eigenvalue weighted by atomic mass is 10.0. The zero-order chi connectivity index (χ0) is 22.5. The summed E-state index contributed by atoms with van der Waals surface area (Å²) in [6, 6.07) is 18.2. The number of imidazole rings is 1. The highest BCUT2D eigenvalue weighted by atomic mass is 19.1. The maximum absolute atomic E-state index is 15.2. The van der Waals surface area contributed by atoms with E-state index in [9.17, 15) is 0 Å². The number of piperidine rings is 1. The number of nitrogens with one attached hydrogen (secondary N) is 1. The summed E-state index contributed by atoms with van der Waals surface area (Å²) in [6.45, 7) is 4.08. The second-order valence-electron chi connectivity index (χ2n) is 9.05. The van der Waals surface area contributed by atoms with Crippen LogP contribution in [-0.4, -0.2) is 44.6 Å². The van der Waals surface area contributed by atoms with Gasteiger partial charge in [-0.05, 0) is 69.7 Å². The van der Waals surface area contributed by atoms with Crippen molar-refractivity contribution in [2.75, 3.05) is 20.1 Å². The highest BCUT2D eigenvalue weighted by Crippen LogP contribution is 2.35. The third-order valence-corrected chi connectivity index (χ3v) is 6.90. The van der Waals surface area contributed by atoms with Crippen LogP contribution in [0.25, 0.3) is 44.5 Å². The van der Waals surface area contributed by atoms with E-state index >= 15 is 4.39 Å². The Morgan fingerprint density at radius 2 is 1.76 bits per heavy atom. The summed E-state index contributed by atoms with van der Waals surface area (Å²) >= 11 is 0. The van der Waals surface area contributed by atoms with Crippen LogP contribution in [0.4, 0.5) is 4.39 Å². The molecule has 1 saturated heterocycles. The van der Waals surface area contributed by atoms with Gasteiger partial charge in [-0.2, -0.15) is 0 Å². The molecule has 166 valence electrons. The number of likely N-dealkylation sites (tertiary alicyclic amines) is 1. The molecule has 0 radical (unpaired) electrons. The van der Waals surface area contributed by atoms with Crippen molar-refractivity contribution in [3.8, 4) is 22.4 Å². The smallest absolute Gasteiger partial charge is 0.151 e. The molecule has 6 heteroatoms. The van der Waals surface area contributed by atoms with E-state index in [1.807, 2.05) is 49.5 Å². The van der Waals surface area contributed by atoms with Crippen molar-refractivity contribution in [2.24, 2.45) is 0 Å². The van der Waals surface area contributed by atoms with Crippen LogP contribution in [0.1, 0.15) is 24.7 Å². The molecule has 0 bridgehead atoms. The van der Waals surface area contributed by atoms with E-state index in [0.717, 1.165) is 70.7 Å². The van der Waals surface area contributed by atoms with Crippen molar-refractivity contribution < 1.29 is 4.39 Å². The van der Waals surface area contributed by atoms with Crippen molar-refractivity contribution >= 4 is 22.1 Å². The molecule has 6 rings (SSSR count). The first kappa shape index (κ1) is 20.1. The number of pyridine rings is 1. The second kappa shape index (κ2) is 7.81. The summed E-state index contributed by atoms with van der Waals surface area (Å²) in [7, 11) is 2.15. The molecule has 0 atom stereocenters. The van der Waals surface area contributed by atoms with Gasteiger partial charge in [-0.25, -0.2) is 14.4 Å². The molecule has 2 aromatic carbocycles. The molecule has 33 heavy (non-hydrogen) atoms. The second-order valence-corrected chi connectivity index (χ2v) is 9.05. The van der Waals surface area contributed by atoms with Crippen LogP contribution in [0.2, 0.25) is 0 Å². The molecule has 0 spiro atoms. The van der Waals surface area contributed by atoms with Gasteiger partial charge in [0.1, 0.15) is 17.0 Å². The fourth-order valence-electron chi connectivity index (χ4n) is 5.15. The summed E-state index contributed by atoms with van der Waals surface area (Å²) in [5.41, 5.74) is 5.91. The Hall–Kier alpha value is -3.51. The number of H-pyrrole nitrogens is 1. The Kier molecular flexibility index (Phi) is 4.76. The van der Waals surface area contributed by atoms with Gasteiger partial charge < -0.3 is 14.5 Å². The molecule has 1 fully saturated rings. The third kappa shape index (κ3) is 3.42. The Balaban J connectivity index is 1.45. The SMILES string of the molecule is Cc1nc2c(F)cc(-c3c[nH]c4nc(-c5ccccc5)ccc34)cc2n1C1CCN(C)CC1. The van der Waals surface area contributed by atoms with Crippen LogP contribution in [0.3, 0.4) is 0 Å². The van der Waals surface area contributed by atoms with Gasteiger partial charge >= 0.3 is 0 Å². The number of aryl methyl sites for hydroxylation is 1. The highest BCUT2D eigenvalue weighted by Gasteiger charge is 2.24. The first-order valence-corrected chi connectivity index (χ1v) is 11.5. The van der Waals surface area contributed by atoms with E-state index in [-0.39, 0.29) is 5.82 Å². The quantitative estimate of drug-likeness (QED) is 0.377. The van der Waals surface area contributed by atoms with Gasteiger partial charge in [-0.15, -0.1) is 0 Å². The van der Waals surface area contributed by atoms with Crippen molar-refractivity contribution in [1.82, 2.24) is 24.4 Å². The molecule has 0 aliphatic carbocycles. The lowest BCUT2D eigenvalue weighted by Gasteiger charge is -2.30. The minimum absolute atomic E-state index is 0.277. The van der Waals surface area contributed by atoms with Gasteiger partial charge in [0.05, 0.1) is 11.2 Å². The van der Waals surface area contributed by atoms with E-state index in [1.54, 1.807) is 6.07 Å². The zero-order valence-corrected chi connectivity index (χ0v) is 18.8. The van der Waals surface area contributed by atoms with Gasteiger partial charge in [-0.1, -0.05) is 30.3 Å². The molecule has 1 N–H and O–H groups in total. The summed E-state index contributed by atoms with van der Waals surface area (Å²) < 4.78 is 17.5. The Morgan fingerprint density at radius 3 is 2.55 bits per heavy atom. The maximum atomic E-state index is 15.2. The number of aromatic nitrogens is 4. The van der Waals surface area contributed by atoms with Crippen LogP contribution in [0, 0.1) is 12.7 Å². The summed E-state index contributed by atoms with van der Waals surface area (Å²) in [6.07, 6.45) is 4.03. The Bertz CT molecular complexity index is 1460. The number of halogens is 1. The number of rotatable bonds is 3. The number of benzene rings is 2. The van der Waals surface area contributed by atoms with Gasteiger partial charge in [0.15, 0.2) is 5.82 Å². The van der Waals surface area contributed by atoms with Gasteiger partial charge in [0, 0.05) is 28.8 Å². The monoisotopic (exact) mass is 439 g/mol. The molecule has 5 nitrogen and oxygen atoms in total. The maximum Gasteiger partial charge on any atom is 0.151 e. The Morgan fingerprint density at radius 1 is 0.970 bits per heavy atom. The molecule has 0 amide bonds. The normalized spacial score (nSPS) is 15.6. The molecule has 1 aliphatic heterocycles. The first-order valence-electron chi connectivity index (χ1n) is 11.5.